The van der Waals surface area contributed by atoms with Crippen molar-refractivity contribution >= 4 is 11.6 Å². The van der Waals surface area contributed by atoms with Gasteiger partial charge in [-0.15, -0.1) is 0 Å². The zero-order valence-electron chi connectivity index (χ0n) is 13.3. The first-order chi connectivity index (χ1) is 12.3. The molecule has 1 amide bonds. The van der Waals surface area contributed by atoms with Crippen molar-refractivity contribution in [3.63, 3.8) is 0 Å². The minimum absolute atomic E-state index is 0.159. The van der Waals surface area contributed by atoms with Gasteiger partial charge in [-0.3, -0.25) is 4.79 Å². The number of nitrogens with zero attached hydrogens (tertiary/aromatic N) is 2. The number of benzene rings is 2. The van der Waals surface area contributed by atoms with Gasteiger partial charge in [-0.05, 0) is 12.1 Å². The maximum absolute atomic E-state index is 12.4. The Hall–Kier alpha value is -3.41. The molecule has 1 N–H and O–H groups in total. The van der Waals surface area contributed by atoms with Crippen LogP contribution in [0.3, 0.4) is 0 Å². The molecule has 4 rings (SSSR count). The van der Waals surface area contributed by atoms with Crippen LogP contribution in [0.15, 0.2) is 67.0 Å². The van der Waals surface area contributed by atoms with E-state index in [0.717, 1.165) is 5.56 Å². The highest BCUT2D eigenvalue weighted by Gasteiger charge is 2.27. The van der Waals surface area contributed by atoms with E-state index in [2.05, 4.69) is 15.3 Å². The molecular formula is C19H15N3O3. The monoisotopic (exact) mass is 333 g/mol. The number of hydrogen-bond donors (Lipinski definition) is 1. The Morgan fingerprint density at radius 3 is 2.40 bits per heavy atom. The number of hydrogen-bond acceptors (Lipinski definition) is 5. The van der Waals surface area contributed by atoms with Crippen molar-refractivity contribution in [1.29, 1.82) is 0 Å². The number of ether oxygens (including phenoxy) is 2. The summed E-state index contributed by atoms with van der Waals surface area (Å²) in [6, 6.07) is 16.9. The number of para-hydroxylation sites is 2. The van der Waals surface area contributed by atoms with E-state index >= 15 is 0 Å². The number of anilines is 1. The summed E-state index contributed by atoms with van der Waals surface area (Å²) in [5, 5.41) is 2.75. The quantitative estimate of drug-likeness (QED) is 0.798. The lowest BCUT2D eigenvalue weighted by molar-refractivity contribution is -0.125. The third-order valence-corrected chi connectivity index (χ3v) is 3.75. The van der Waals surface area contributed by atoms with E-state index in [9.17, 15) is 4.79 Å². The van der Waals surface area contributed by atoms with Crippen molar-refractivity contribution in [2.45, 2.75) is 6.10 Å². The van der Waals surface area contributed by atoms with Gasteiger partial charge in [-0.25, -0.2) is 9.97 Å². The topological polar surface area (TPSA) is 73.3 Å². The summed E-state index contributed by atoms with van der Waals surface area (Å²) in [4.78, 5) is 20.9. The second-order valence-electron chi connectivity index (χ2n) is 5.51. The Labute approximate surface area is 144 Å². The Balaban J connectivity index is 1.43. The molecule has 0 saturated heterocycles. The van der Waals surface area contributed by atoms with Crippen LogP contribution in [-0.2, 0) is 4.79 Å². The Bertz CT molecular complexity index is 882. The Morgan fingerprint density at radius 2 is 1.64 bits per heavy atom. The lowest BCUT2D eigenvalue weighted by Crippen LogP contribution is -2.40. The molecule has 1 atom stereocenters. The van der Waals surface area contributed by atoms with Crippen LogP contribution in [0.5, 0.6) is 11.5 Å². The second-order valence-corrected chi connectivity index (χ2v) is 5.51. The molecular weight excluding hydrogens is 318 g/mol. The molecule has 0 fully saturated rings. The number of aromatic nitrogens is 2. The van der Waals surface area contributed by atoms with Gasteiger partial charge < -0.3 is 14.8 Å². The summed E-state index contributed by atoms with van der Waals surface area (Å²) >= 11 is 0. The molecule has 0 bridgehead atoms. The van der Waals surface area contributed by atoms with Crippen LogP contribution in [0.4, 0.5) is 5.69 Å². The first kappa shape index (κ1) is 15.1. The fourth-order valence-corrected chi connectivity index (χ4v) is 2.50. The minimum atomic E-state index is -0.719. The van der Waals surface area contributed by atoms with Crippen LogP contribution in [0.1, 0.15) is 0 Å². The molecule has 1 aromatic heterocycles. The molecule has 1 unspecified atom stereocenters. The largest absolute Gasteiger partial charge is 0.485 e. The third kappa shape index (κ3) is 3.28. The first-order valence-electron chi connectivity index (χ1n) is 7.86. The van der Waals surface area contributed by atoms with Crippen molar-refractivity contribution < 1.29 is 14.3 Å². The average molecular weight is 333 g/mol. The highest BCUT2D eigenvalue weighted by atomic mass is 16.6. The van der Waals surface area contributed by atoms with Gasteiger partial charge in [0.2, 0.25) is 6.10 Å². The number of carbonyl (C=O) groups excluding carboxylic acids is 1. The van der Waals surface area contributed by atoms with E-state index in [1.807, 2.05) is 42.5 Å². The predicted octanol–water partition coefficient (Wildman–Crippen LogP) is 2.92. The number of amides is 1. The van der Waals surface area contributed by atoms with Crippen LogP contribution >= 0.6 is 0 Å². The van der Waals surface area contributed by atoms with Gasteiger partial charge >= 0.3 is 0 Å². The smallest absolute Gasteiger partial charge is 0.269 e. The molecule has 1 aliphatic heterocycles. The summed E-state index contributed by atoms with van der Waals surface area (Å²) in [6.07, 6.45) is 2.43. The van der Waals surface area contributed by atoms with E-state index in [4.69, 9.17) is 9.47 Å². The first-order valence-corrected chi connectivity index (χ1v) is 7.86. The van der Waals surface area contributed by atoms with Crippen LogP contribution < -0.4 is 14.8 Å². The van der Waals surface area contributed by atoms with Gasteiger partial charge in [-0.1, -0.05) is 42.5 Å². The lowest BCUT2D eigenvalue weighted by atomic mass is 10.2. The number of rotatable bonds is 3. The zero-order chi connectivity index (χ0) is 17.1. The van der Waals surface area contributed by atoms with E-state index in [0.29, 0.717) is 23.0 Å². The highest BCUT2D eigenvalue weighted by Crippen LogP contribution is 2.31. The van der Waals surface area contributed by atoms with Gasteiger partial charge in [-0.2, -0.15) is 0 Å². The molecule has 0 radical (unpaired) electrons. The fourth-order valence-electron chi connectivity index (χ4n) is 2.50. The van der Waals surface area contributed by atoms with E-state index in [-0.39, 0.29) is 12.5 Å². The third-order valence-electron chi connectivity index (χ3n) is 3.75. The van der Waals surface area contributed by atoms with Gasteiger partial charge in [0.25, 0.3) is 5.91 Å². The van der Waals surface area contributed by atoms with Crippen molar-refractivity contribution in [3.05, 3.63) is 67.0 Å². The molecule has 2 heterocycles. The molecule has 0 saturated carbocycles. The van der Waals surface area contributed by atoms with E-state index < -0.39 is 6.10 Å². The molecule has 6 nitrogen and oxygen atoms in total. The summed E-state index contributed by atoms with van der Waals surface area (Å²) in [7, 11) is 0. The maximum Gasteiger partial charge on any atom is 0.269 e. The summed E-state index contributed by atoms with van der Waals surface area (Å²) in [5.41, 5.74) is 1.42. The summed E-state index contributed by atoms with van der Waals surface area (Å²) < 4.78 is 11.2. The molecule has 1 aliphatic rings. The average Bonchev–Trinajstić information content (AvgIpc) is 2.69. The zero-order valence-corrected chi connectivity index (χ0v) is 13.3. The van der Waals surface area contributed by atoms with Crippen LogP contribution in [0, 0.1) is 0 Å². The number of fused-ring (bicyclic) bond motifs is 1. The fraction of sp³-hybridized carbons (Fsp3) is 0.105. The molecule has 25 heavy (non-hydrogen) atoms. The molecule has 0 spiro atoms. The van der Waals surface area contributed by atoms with Crippen LogP contribution in [0.2, 0.25) is 0 Å². The lowest BCUT2D eigenvalue weighted by Gasteiger charge is -2.25. The highest BCUT2D eigenvalue weighted by molar-refractivity contribution is 5.94. The number of carbonyl (C=O) groups is 1. The standard InChI is InChI=1S/C19H15N3O3/c23-19(17-12-24-15-8-4-5-9-16(15)25-17)22-14-10-20-18(21-11-14)13-6-2-1-3-7-13/h1-11,17H,12H2,(H,22,23). The second kappa shape index (κ2) is 6.60. The van der Waals surface area contributed by atoms with E-state index in [1.165, 1.54) is 0 Å². The van der Waals surface area contributed by atoms with Crippen molar-refractivity contribution in [2.75, 3.05) is 11.9 Å². The summed E-state index contributed by atoms with van der Waals surface area (Å²) in [6.45, 7) is 0.159. The van der Waals surface area contributed by atoms with Crippen LogP contribution in [0.25, 0.3) is 11.4 Å². The van der Waals surface area contributed by atoms with Gasteiger partial charge in [0.05, 0.1) is 18.1 Å². The normalized spacial score (nSPS) is 15.4. The molecule has 0 aliphatic carbocycles. The van der Waals surface area contributed by atoms with Gasteiger partial charge in [0.1, 0.15) is 6.61 Å². The molecule has 2 aromatic carbocycles. The predicted molar refractivity (Wildman–Crippen MR) is 92.5 cm³/mol. The van der Waals surface area contributed by atoms with Crippen molar-refractivity contribution in [2.24, 2.45) is 0 Å². The SMILES string of the molecule is O=C(Nc1cnc(-c2ccccc2)nc1)C1COc2ccccc2O1. The Kier molecular flexibility index (Phi) is 4.00. The van der Waals surface area contributed by atoms with Gasteiger partial charge in [0, 0.05) is 5.56 Å². The summed E-state index contributed by atoms with van der Waals surface area (Å²) in [5.74, 6) is 1.50. The molecule has 3 aromatic rings. The Morgan fingerprint density at radius 1 is 0.960 bits per heavy atom. The number of nitrogens with one attached hydrogen (secondary N) is 1. The van der Waals surface area contributed by atoms with E-state index in [1.54, 1.807) is 24.5 Å². The minimum Gasteiger partial charge on any atom is -0.485 e. The van der Waals surface area contributed by atoms with Gasteiger partial charge in [0.15, 0.2) is 17.3 Å². The van der Waals surface area contributed by atoms with Crippen molar-refractivity contribution in [1.82, 2.24) is 9.97 Å². The maximum atomic E-state index is 12.4. The molecule has 124 valence electrons. The van der Waals surface area contributed by atoms with Crippen LogP contribution in [-0.4, -0.2) is 28.6 Å². The van der Waals surface area contributed by atoms with Crippen molar-refractivity contribution in [3.8, 4) is 22.9 Å². The molecule has 6 heteroatoms.